The number of nitrogens with zero attached hydrogens (tertiary/aromatic N) is 4. The van der Waals surface area contributed by atoms with Crippen LogP contribution in [0.4, 0.5) is 16.0 Å². The minimum absolute atomic E-state index is 0.0450. The van der Waals surface area contributed by atoms with E-state index in [-0.39, 0.29) is 17.6 Å². The molecule has 0 aliphatic carbocycles. The summed E-state index contributed by atoms with van der Waals surface area (Å²) in [6.07, 6.45) is 3.47. The lowest BCUT2D eigenvalue weighted by atomic mass is 9.94. The van der Waals surface area contributed by atoms with Gasteiger partial charge < -0.3 is 10.2 Å². The third kappa shape index (κ3) is 4.44. The molecule has 4 rings (SSSR count). The van der Waals surface area contributed by atoms with Gasteiger partial charge >= 0.3 is 0 Å². The molecule has 1 aliphatic rings. The predicted molar refractivity (Wildman–Crippen MR) is 111 cm³/mol. The lowest BCUT2D eigenvalue weighted by molar-refractivity contribution is 0.0706. The van der Waals surface area contributed by atoms with E-state index in [9.17, 15) is 9.18 Å². The number of carbonyl (C=O) groups excluding carboxylic acids is 1. The molecule has 1 saturated heterocycles. The Balaban J connectivity index is 1.47. The first-order valence-corrected chi connectivity index (χ1v) is 9.77. The van der Waals surface area contributed by atoms with Crippen LogP contribution in [0.25, 0.3) is 0 Å². The molecular formula is C23H20FN5O. The number of nitriles is 1. The summed E-state index contributed by atoms with van der Waals surface area (Å²) in [6.45, 7) is 1.25. The van der Waals surface area contributed by atoms with E-state index in [4.69, 9.17) is 5.26 Å². The number of likely N-dealkylation sites (tertiary alicyclic amines) is 1. The molecular weight excluding hydrogens is 381 g/mol. The van der Waals surface area contributed by atoms with Crippen molar-refractivity contribution in [3.63, 3.8) is 0 Å². The molecule has 30 heavy (non-hydrogen) atoms. The number of nitrogens with one attached hydrogen (secondary N) is 1. The Morgan fingerprint density at radius 2 is 2.03 bits per heavy atom. The topological polar surface area (TPSA) is 81.9 Å². The lowest BCUT2D eigenvalue weighted by Crippen LogP contribution is -2.39. The number of rotatable bonds is 4. The Labute approximate surface area is 174 Å². The van der Waals surface area contributed by atoms with Crippen LogP contribution in [0.5, 0.6) is 0 Å². The molecule has 3 aromatic rings. The molecule has 1 N–H and O–H groups in total. The van der Waals surface area contributed by atoms with Gasteiger partial charge in [-0.15, -0.1) is 0 Å². The van der Waals surface area contributed by atoms with E-state index in [2.05, 4.69) is 21.4 Å². The van der Waals surface area contributed by atoms with Crippen LogP contribution in [0.1, 0.15) is 40.4 Å². The molecule has 1 amide bonds. The zero-order chi connectivity index (χ0) is 20.9. The Kier molecular flexibility index (Phi) is 5.66. The van der Waals surface area contributed by atoms with Crippen LogP contribution in [-0.4, -0.2) is 33.9 Å². The average Bonchev–Trinajstić information content (AvgIpc) is 2.79. The highest BCUT2D eigenvalue weighted by Crippen LogP contribution is 2.27. The number of carbonyl (C=O) groups is 1. The normalized spacial score (nSPS) is 16.0. The van der Waals surface area contributed by atoms with Crippen LogP contribution in [-0.2, 0) is 0 Å². The molecule has 2 aromatic carbocycles. The Bertz CT molecular complexity index is 1090. The van der Waals surface area contributed by atoms with E-state index in [1.807, 2.05) is 11.0 Å². The fourth-order valence-corrected chi connectivity index (χ4v) is 3.63. The van der Waals surface area contributed by atoms with Crippen LogP contribution >= 0.6 is 0 Å². The number of anilines is 2. The van der Waals surface area contributed by atoms with Gasteiger partial charge in [-0.1, -0.05) is 6.07 Å². The van der Waals surface area contributed by atoms with Gasteiger partial charge in [0, 0.05) is 36.5 Å². The van der Waals surface area contributed by atoms with Crippen LogP contribution in [0.2, 0.25) is 0 Å². The standard InChI is InChI=1S/C23H20FN5O/c24-19-4-1-5-20(13-19)27-23-26-11-10-21(28-23)18-3-2-12-29(15-18)22(30)17-8-6-16(14-25)7-9-17/h1,4-11,13,18H,2-3,12,15H2,(H,26,27,28). The van der Waals surface area contributed by atoms with Crippen LogP contribution in [0, 0.1) is 17.1 Å². The second-order valence-corrected chi connectivity index (χ2v) is 7.22. The first-order valence-electron chi connectivity index (χ1n) is 9.77. The predicted octanol–water partition coefficient (Wildman–Crippen LogP) is 4.25. The van der Waals surface area contributed by atoms with Crippen LogP contribution in [0.3, 0.4) is 0 Å². The van der Waals surface area contributed by atoms with E-state index in [1.165, 1.54) is 12.1 Å². The number of hydrogen-bond acceptors (Lipinski definition) is 5. The summed E-state index contributed by atoms with van der Waals surface area (Å²) in [5.74, 6) is 0.113. The zero-order valence-corrected chi connectivity index (χ0v) is 16.3. The largest absolute Gasteiger partial charge is 0.338 e. The van der Waals surface area contributed by atoms with Crippen molar-refractivity contribution in [2.45, 2.75) is 18.8 Å². The monoisotopic (exact) mass is 401 g/mol. The summed E-state index contributed by atoms with van der Waals surface area (Å²) in [4.78, 5) is 23.5. The van der Waals surface area contributed by atoms with E-state index in [0.29, 0.717) is 35.9 Å². The average molecular weight is 401 g/mol. The summed E-state index contributed by atoms with van der Waals surface area (Å²) < 4.78 is 13.4. The van der Waals surface area contributed by atoms with Gasteiger partial charge in [-0.2, -0.15) is 5.26 Å². The van der Waals surface area contributed by atoms with E-state index >= 15 is 0 Å². The van der Waals surface area contributed by atoms with Crippen molar-refractivity contribution in [2.75, 3.05) is 18.4 Å². The van der Waals surface area contributed by atoms with Crippen molar-refractivity contribution in [3.05, 3.63) is 83.4 Å². The van der Waals surface area contributed by atoms with Gasteiger partial charge in [0.15, 0.2) is 0 Å². The summed E-state index contributed by atoms with van der Waals surface area (Å²) in [6, 6.07) is 16.7. The number of halogens is 1. The number of amides is 1. The fourth-order valence-electron chi connectivity index (χ4n) is 3.63. The van der Waals surface area contributed by atoms with Gasteiger partial charge in [0.25, 0.3) is 5.91 Å². The molecule has 1 atom stereocenters. The molecule has 0 spiro atoms. The molecule has 0 saturated carbocycles. The molecule has 1 aromatic heterocycles. The van der Waals surface area contributed by atoms with Crippen molar-refractivity contribution in [1.29, 1.82) is 5.26 Å². The van der Waals surface area contributed by atoms with Gasteiger partial charge in [-0.05, 0) is 61.4 Å². The smallest absolute Gasteiger partial charge is 0.253 e. The molecule has 0 radical (unpaired) electrons. The van der Waals surface area contributed by atoms with Gasteiger partial charge in [0.05, 0.1) is 17.3 Å². The summed E-state index contributed by atoms with van der Waals surface area (Å²) in [5.41, 5.74) is 2.53. The Hall–Kier alpha value is -3.79. The van der Waals surface area contributed by atoms with Crippen molar-refractivity contribution in [2.24, 2.45) is 0 Å². The minimum atomic E-state index is -0.333. The highest BCUT2D eigenvalue weighted by atomic mass is 19.1. The summed E-state index contributed by atoms with van der Waals surface area (Å²) >= 11 is 0. The summed E-state index contributed by atoms with van der Waals surface area (Å²) in [5, 5.41) is 12.0. The fraction of sp³-hybridized carbons (Fsp3) is 0.217. The molecule has 1 unspecified atom stereocenters. The minimum Gasteiger partial charge on any atom is -0.338 e. The maximum Gasteiger partial charge on any atom is 0.253 e. The van der Waals surface area contributed by atoms with Crippen molar-refractivity contribution in [3.8, 4) is 6.07 Å². The zero-order valence-electron chi connectivity index (χ0n) is 16.3. The van der Waals surface area contributed by atoms with Crippen molar-refractivity contribution in [1.82, 2.24) is 14.9 Å². The van der Waals surface area contributed by atoms with E-state index in [1.54, 1.807) is 42.6 Å². The molecule has 0 bridgehead atoms. The molecule has 6 nitrogen and oxygen atoms in total. The third-order valence-corrected chi connectivity index (χ3v) is 5.15. The molecule has 7 heteroatoms. The Morgan fingerprint density at radius 1 is 1.20 bits per heavy atom. The second-order valence-electron chi connectivity index (χ2n) is 7.22. The number of piperidine rings is 1. The van der Waals surface area contributed by atoms with Crippen molar-refractivity contribution < 1.29 is 9.18 Å². The molecule has 2 heterocycles. The van der Waals surface area contributed by atoms with Crippen LogP contribution < -0.4 is 5.32 Å². The highest BCUT2D eigenvalue weighted by Gasteiger charge is 2.26. The quantitative estimate of drug-likeness (QED) is 0.707. The first-order chi connectivity index (χ1) is 14.6. The maximum atomic E-state index is 13.4. The molecule has 150 valence electrons. The second kappa shape index (κ2) is 8.70. The lowest BCUT2D eigenvalue weighted by Gasteiger charge is -2.32. The molecule has 1 fully saturated rings. The molecule has 1 aliphatic heterocycles. The van der Waals surface area contributed by atoms with E-state index in [0.717, 1.165) is 18.5 Å². The van der Waals surface area contributed by atoms with Gasteiger partial charge in [0.1, 0.15) is 5.82 Å². The third-order valence-electron chi connectivity index (χ3n) is 5.15. The van der Waals surface area contributed by atoms with E-state index < -0.39 is 0 Å². The first kappa shape index (κ1) is 19.5. The summed E-state index contributed by atoms with van der Waals surface area (Å²) in [7, 11) is 0. The number of benzene rings is 2. The van der Waals surface area contributed by atoms with Gasteiger partial charge in [-0.3, -0.25) is 4.79 Å². The van der Waals surface area contributed by atoms with Gasteiger partial charge in [0.2, 0.25) is 5.95 Å². The van der Waals surface area contributed by atoms with Crippen molar-refractivity contribution >= 4 is 17.5 Å². The maximum absolute atomic E-state index is 13.4. The number of aromatic nitrogens is 2. The number of hydrogen-bond donors (Lipinski definition) is 1. The Morgan fingerprint density at radius 3 is 2.80 bits per heavy atom. The highest BCUT2D eigenvalue weighted by molar-refractivity contribution is 5.94. The van der Waals surface area contributed by atoms with Gasteiger partial charge in [-0.25, -0.2) is 14.4 Å². The SMILES string of the molecule is N#Cc1ccc(C(=O)N2CCCC(c3ccnc(Nc4cccc(F)c4)n3)C2)cc1. The van der Waals surface area contributed by atoms with Crippen LogP contribution in [0.15, 0.2) is 60.8 Å².